The molecule has 0 aromatic heterocycles. The number of nitrogens with one attached hydrogen (secondary N) is 1. The molecule has 2 fully saturated rings. The normalized spacial score (nSPS) is 31.5. The van der Waals surface area contributed by atoms with Crippen LogP contribution in [0.25, 0.3) is 0 Å². The molecule has 2 bridgehead atoms. The Morgan fingerprint density at radius 3 is 2.66 bits per heavy atom. The minimum atomic E-state index is -3.25. The van der Waals surface area contributed by atoms with Crippen molar-refractivity contribution in [2.75, 3.05) is 32.6 Å². The van der Waals surface area contributed by atoms with Crippen LogP contribution in [-0.4, -0.2) is 64.1 Å². The number of piperidine rings is 1. The standard InChI is InChI=1S/C22H34N2O4S/c1-16-5-10-22-19(14-16)17-6-8-18(9-7-17)28-15-21-20(23-29(2,25)26)4-3-11-24(21)12-13-27-22/h5,10,14,17-18,20-21,23H,3-4,6-9,11-13,15H2,1-2H3/t17-,18+,20-,21-/m0/s1. The Balaban J connectivity index is 1.57. The number of sulfonamides is 1. The third-order valence-electron chi connectivity index (χ3n) is 6.68. The molecular weight excluding hydrogens is 388 g/mol. The van der Waals surface area contributed by atoms with Crippen LogP contribution in [0.3, 0.4) is 0 Å². The fourth-order valence-electron chi connectivity index (χ4n) is 5.20. The summed E-state index contributed by atoms with van der Waals surface area (Å²) in [7, 11) is -3.25. The largest absolute Gasteiger partial charge is 0.492 e. The highest BCUT2D eigenvalue weighted by Crippen LogP contribution is 2.39. The number of ether oxygens (including phenoxy) is 2. The van der Waals surface area contributed by atoms with E-state index in [1.807, 2.05) is 0 Å². The number of rotatable bonds is 2. The van der Waals surface area contributed by atoms with Crippen molar-refractivity contribution in [1.82, 2.24) is 9.62 Å². The Morgan fingerprint density at radius 1 is 1.10 bits per heavy atom. The first kappa shape index (κ1) is 21.1. The van der Waals surface area contributed by atoms with Crippen molar-refractivity contribution >= 4 is 10.0 Å². The predicted octanol–water partition coefficient (Wildman–Crippen LogP) is 2.81. The van der Waals surface area contributed by atoms with Gasteiger partial charge in [0.15, 0.2) is 0 Å². The summed E-state index contributed by atoms with van der Waals surface area (Å²) in [6, 6.07) is 6.49. The quantitative estimate of drug-likeness (QED) is 0.794. The van der Waals surface area contributed by atoms with Crippen LogP contribution in [0.2, 0.25) is 0 Å². The van der Waals surface area contributed by atoms with Gasteiger partial charge < -0.3 is 9.47 Å². The minimum absolute atomic E-state index is 0.0537. The van der Waals surface area contributed by atoms with Gasteiger partial charge in [0.05, 0.1) is 19.0 Å². The number of hydrogen-bond donors (Lipinski definition) is 1. The summed E-state index contributed by atoms with van der Waals surface area (Å²) in [6.45, 7) is 5.05. The van der Waals surface area contributed by atoms with Crippen molar-refractivity contribution in [1.29, 1.82) is 0 Å². The Hall–Kier alpha value is -1.15. The van der Waals surface area contributed by atoms with E-state index in [2.05, 4.69) is 34.7 Å². The number of benzene rings is 1. The lowest BCUT2D eigenvalue weighted by atomic mass is 9.82. The van der Waals surface area contributed by atoms with Crippen molar-refractivity contribution in [3.05, 3.63) is 29.3 Å². The van der Waals surface area contributed by atoms with Crippen molar-refractivity contribution in [2.45, 2.75) is 69.6 Å². The molecule has 3 aliphatic heterocycles. The summed E-state index contributed by atoms with van der Waals surface area (Å²) in [4.78, 5) is 2.35. The number of hydrogen-bond acceptors (Lipinski definition) is 5. The molecule has 6 nitrogen and oxygen atoms in total. The summed E-state index contributed by atoms with van der Waals surface area (Å²) in [6.07, 6.45) is 7.68. The van der Waals surface area contributed by atoms with E-state index in [0.29, 0.717) is 19.1 Å². The fourth-order valence-corrected chi connectivity index (χ4v) is 6.03. The molecule has 1 aliphatic carbocycles. The van der Waals surface area contributed by atoms with Gasteiger partial charge in [-0.05, 0) is 69.5 Å². The molecular formula is C22H34N2O4S. The Bertz CT molecular complexity index is 805. The van der Waals surface area contributed by atoms with Crippen LogP contribution < -0.4 is 9.46 Å². The van der Waals surface area contributed by atoms with Crippen LogP contribution >= 0.6 is 0 Å². The van der Waals surface area contributed by atoms with Gasteiger partial charge in [-0.15, -0.1) is 0 Å². The molecule has 1 saturated carbocycles. The molecule has 0 amide bonds. The zero-order chi connectivity index (χ0) is 20.4. The van der Waals surface area contributed by atoms with Gasteiger partial charge in [0, 0.05) is 18.6 Å². The van der Waals surface area contributed by atoms with Crippen LogP contribution in [-0.2, 0) is 14.8 Å². The van der Waals surface area contributed by atoms with E-state index in [4.69, 9.17) is 9.47 Å². The van der Waals surface area contributed by atoms with Crippen LogP contribution in [0.15, 0.2) is 18.2 Å². The topological polar surface area (TPSA) is 67.9 Å². The van der Waals surface area contributed by atoms with E-state index in [-0.39, 0.29) is 18.2 Å². The average Bonchev–Trinajstić information content (AvgIpc) is 2.69. The lowest BCUT2D eigenvalue weighted by molar-refractivity contribution is -0.0284. The van der Waals surface area contributed by atoms with E-state index in [0.717, 1.165) is 57.4 Å². The SMILES string of the molecule is Cc1ccc2c(c1)[C@H]1CC[C@H](CC1)OC[C@H]1[C@@H](NS(C)(=O)=O)CCCN1CCO2. The molecule has 1 saturated heterocycles. The first-order chi connectivity index (χ1) is 13.9. The summed E-state index contributed by atoms with van der Waals surface area (Å²) < 4.78 is 39.3. The molecule has 4 aliphatic rings. The van der Waals surface area contributed by atoms with Crippen molar-refractivity contribution < 1.29 is 17.9 Å². The molecule has 5 rings (SSSR count). The molecule has 0 radical (unpaired) electrons. The monoisotopic (exact) mass is 422 g/mol. The van der Waals surface area contributed by atoms with Gasteiger partial charge in [-0.2, -0.15) is 0 Å². The lowest BCUT2D eigenvalue weighted by Crippen LogP contribution is -2.58. The summed E-state index contributed by atoms with van der Waals surface area (Å²) >= 11 is 0. The molecule has 29 heavy (non-hydrogen) atoms. The summed E-state index contributed by atoms with van der Waals surface area (Å²) in [5.74, 6) is 1.55. The Labute approximate surface area is 175 Å². The maximum absolute atomic E-state index is 11.9. The van der Waals surface area contributed by atoms with Gasteiger partial charge in [-0.1, -0.05) is 17.7 Å². The second-order valence-corrected chi connectivity index (χ2v) is 10.7. The van der Waals surface area contributed by atoms with Crippen molar-refractivity contribution in [3.63, 3.8) is 0 Å². The third-order valence-corrected chi connectivity index (χ3v) is 7.41. The first-order valence-corrected chi connectivity index (χ1v) is 12.8. The van der Waals surface area contributed by atoms with E-state index < -0.39 is 10.0 Å². The van der Waals surface area contributed by atoms with Gasteiger partial charge in [-0.25, -0.2) is 13.1 Å². The van der Waals surface area contributed by atoms with Crippen LogP contribution in [0.5, 0.6) is 5.75 Å². The first-order valence-electron chi connectivity index (χ1n) is 11.0. The molecule has 162 valence electrons. The zero-order valence-electron chi connectivity index (χ0n) is 17.6. The lowest BCUT2D eigenvalue weighted by Gasteiger charge is -2.41. The second-order valence-electron chi connectivity index (χ2n) is 8.94. The van der Waals surface area contributed by atoms with Gasteiger partial charge in [0.25, 0.3) is 0 Å². The predicted molar refractivity (Wildman–Crippen MR) is 114 cm³/mol. The zero-order valence-corrected chi connectivity index (χ0v) is 18.4. The molecule has 1 aromatic rings. The van der Waals surface area contributed by atoms with Gasteiger partial charge in [0.1, 0.15) is 12.4 Å². The van der Waals surface area contributed by atoms with Crippen molar-refractivity contribution in [3.8, 4) is 5.75 Å². The average molecular weight is 423 g/mol. The highest BCUT2D eigenvalue weighted by Gasteiger charge is 2.35. The maximum atomic E-state index is 11.9. The minimum Gasteiger partial charge on any atom is -0.492 e. The maximum Gasteiger partial charge on any atom is 0.209 e. The highest BCUT2D eigenvalue weighted by atomic mass is 32.2. The van der Waals surface area contributed by atoms with Crippen molar-refractivity contribution in [2.24, 2.45) is 0 Å². The number of fused-ring (bicyclic) bond motifs is 5. The smallest absolute Gasteiger partial charge is 0.209 e. The molecule has 0 unspecified atom stereocenters. The number of nitrogens with zero attached hydrogens (tertiary/aromatic N) is 1. The molecule has 0 spiro atoms. The Morgan fingerprint density at radius 2 is 1.90 bits per heavy atom. The molecule has 1 N–H and O–H groups in total. The van der Waals surface area contributed by atoms with Gasteiger partial charge in [-0.3, -0.25) is 4.90 Å². The van der Waals surface area contributed by atoms with E-state index >= 15 is 0 Å². The Kier molecular flexibility index (Phi) is 6.49. The molecule has 3 heterocycles. The van der Waals surface area contributed by atoms with Gasteiger partial charge >= 0.3 is 0 Å². The number of aryl methyl sites for hydroxylation is 1. The second kappa shape index (κ2) is 8.92. The molecule has 1 aromatic carbocycles. The van der Waals surface area contributed by atoms with Gasteiger partial charge in [0.2, 0.25) is 10.0 Å². The van der Waals surface area contributed by atoms with Crippen LogP contribution in [0.1, 0.15) is 55.6 Å². The highest BCUT2D eigenvalue weighted by molar-refractivity contribution is 7.88. The van der Waals surface area contributed by atoms with E-state index in [1.165, 1.54) is 17.4 Å². The van der Waals surface area contributed by atoms with E-state index in [9.17, 15) is 8.42 Å². The molecule has 7 heteroatoms. The van der Waals surface area contributed by atoms with Crippen LogP contribution in [0, 0.1) is 6.92 Å². The summed E-state index contributed by atoms with van der Waals surface area (Å²) in [5.41, 5.74) is 2.62. The van der Waals surface area contributed by atoms with Crippen LogP contribution in [0.4, 0.5) is 0 Å². The summed E-state index contributed by atoms with van der Waals surface area (Å²) in [5, 5.41) is 0. The van der Waals surface area contributed by atoms with E-state index in [1.54, 1.807) is 0 Å². The third kappa shape index (κ3) is 5.32. The molecule has 2 atom stereocenters. The fraction of sp³-hybridized carbons (Fsp3) is 0.727.